The summed E-state index contributed by atoms with van der Waals surface area (Å²) in [7, 11) is 4.87. The number of aliphatic imine (C=N–C) groups is 1. The van der Waals surface area contributed by atoms with Crippen LogP contribution >= 0.6 is 34.5 Å². The molecule has 2 N–H and O–H groups in total. The molecule has 11 rings (SSSR count). The van der Waals surface area contributed by atoms with E-state index >= 15 is 4.79 Å². The molecule has 6 heterocycles. The van der Waals surface area contributed by atoms with Crippen LogP contribution in [0.3, 0.4) is 0 Å². The van der Waals surface area contributed by atoms with Crippen molar-refractivity contribution < 1.29 is 47.7 Å². The maximum Gasteiger partial charge on any atom is 0.312 e. The molecule has 5 aliphatic rings. The largest absolute Gasteiger partial charge is 0.497 e. The van der Waals surface area contributed by atoms with Crippen LogP contribution in [-0.4, -0.2) is 128 Å². The average Bonchev–Trinajstić information content (AvgIpc) is 2.13. The number of ether oxygens (including phenoxy) is 5. The van der Waals surface area contributed by atoms with E-state index in [9.17, 15) is 19.2 Å². The van der Waals surface area contributed by atoms with Crippen molar-refractivity contribution in [1.82, 2.24) is 50.2 Å². The third-order valence-corrected chi connectivity index (χ3v) is 19.8. The van der Waals surface area contributed by atoms with Crippen molar-refractivity contribution in [1.29, 1.82) is 0 Å². The Morgan fingerprint density at radius 1 is 0.874 bits per heavy atom. The Kier molecular flexibility index (Phi) is 18.1. The molecule has 3 aliphatic heterocycles. The summed E-state index contributed by atoms with van der Waals surface area (Å²) in [5, 5.41) is 25.4. The first-order valence-corrected chi connectivity index (χ1v) is 31.2. The lowest BCUT2D eigenvalue weighted by atomic mass is 9.66. The van der Waals surface area contributed by atoms with E-state index < -0.39 is 29.4 Å². The Morgan fingerprint density at radius 3 is 2.43 bits per heavy atom. The van der Waals surface area contributed by atoms with E-state index in [-0.39, 0.29) is 87.9 Å². The SMILES string of the molecule is COc1ccc(COC(=O)[C@@]2(C)CCCC[C@H]2C(=O)N2CCc3c(Cl)ccc(OCc4nnn(C)c4COCCNC(=O)CCNC(=O)C[C@@H]4N=C(c5ccc(Cl)cc5)c5c(sc(C)c5C)-n5c(C)nnc54)c3[C@H]2CN2CC3(CC3)CC2=O)c(OC)c1. The molecule has 21 nitrogen and oxygen atoms in total. The van der Waals surface area contributed by atoms with Crippen molar-refractivity contribution in [2.24, 2.45) is 28.8 Å². The molecule has 0 radical (unpaired) electrons. The van der Waals surface area contributed by atoms with Gasteiger partial charge in [0, 0.05) is 95.9 Å². The van der Waals surface area contributed by atoms with Crippen LogP contribution in [0, 0.1) is 37.5 Å². The summed E-state index contributed by atoms with van der Waals surface area (Å²) in [6.07, 6.45) is 5.41. The van der Waals surface area contributed by atoms with Crippen LogP contribution in [0.15, 0.2) is 59.6 Å². The number of fused-ring (bicyclic) bond motifs is 4. The van der Waals surface area contributed by atoms with Gasteiger partial charge in [-0.1, -0.05) is 53.4 Å². The lowest BCUT2D eigenvalue weighted by Gasteiger charge is -2.45. The lowest BCUT2D eigenvalue weighted by Crippen LogP contribution is -2.53. The first-order chi connectivity index (χ1) is 41.9. The second-order valence-corrected chi connectivity index (χ2v) is 25.7. The molecule has 4 atom stereocenters. The zero-order valence-electron chi connectivity index (χ0n) is 50.1. The van der Waals surface area contributed by atoms with E-state index in [4.69, 9.17) is 51.9 Å². The highest BCUT2D eigenvalue weighted by atomic mass is 35.5. The highest BCUT2D eigenvalue weighted by Crippen LogP contribution is 2.54. The molecule has 460 valence electrons. The molecule has 87 heavy (non-hydrogen) atoms. The fourth-order valence-electron chi connectivity index (χ4n) is 12.8. The van der Waals surface area contributed by atoms with Gasteiger partial charge in [-0.2, -0.15) is 0 Å². The van der Waals surface area contributed by atoms with Crippen LogP contribution < -0.4 is 24.8 Å². The predicted octanol–water partition coefficient (Wildman–Crippen LogP) is 8.79. The molecule has 2 aliphatic carbocycles. The van der Waals surface area contributed by atoms with Gasteiger partial charge >= 0.3 is 5.97 Å². The molecule has 6 aromatic rings. The topological polar surface area (TPSA) is 236 Å². The zero-order valence-corrected chi connectivity index (χ0v) is 52.5. The molecule has 3 fully saturated rings. The van der Waals surface area contributed by atoms with Crippen LogP contribution in [0.4, 0.5) is 0 Å². The number of halogens is 2. The third-order valence-electron chi connectivity index (χ3n) is 18.0. The van der Waals surface area contributed by atoms with Crippen LogP contribution in [0.2, 0.25) is 10.0 Å². The van der Waals surface area contributed by atoms with Gasteiger partial charge in [0.1, 0.15) is 53.0 Å². The Bertz CT molecular complexity index is 3650. The van der Waals surface area contributed by atoms with Crippen LogP contribution in [0.1, 0.15) is 138 Å². The predicted molar refractivity (Wildman–Crippen MR) is 325 cm³/mol. The number of amides is 4. The fraction of sp³-hybridized carbons (Fsp3) is 0.492. The number of esters is 1. The Hall–Kier alpha value is -7.40. The number of aryl methyl sites for hydroxylation is 3. The van der Waals surface area contributed by atoms with Gasteiger partial charge in [0.25, 0.3) is 0 Å². The summed E-state index contributed by atoms with van der Waals surface area (Å²) in [5.74, 6) is 1.06. The Balaban J connectivity index is 0.711. The summed E-state index contributed by atoms with van der Waals surface area (Å²) < 4.78 is 33.3. The number of nitrogens with zero attached hydrogens (tertiary/aromatic N) is 9. The highest BCUT2D eigenvalue weighted by molar-refractivity contribution is 7.15. The van der Waals surface area contributed by atoms with E-state index in [0.717, 1.165) is 69.1 Å². The molecule has 0 unspecified atom stereocenters. The summed E-state index contributed by atoms with van der Waals surface area (Å²) in [6.45, 7) is 9.59. The number of likely N-dealkylation sites (tertiary alicyclic amines) is 1. The number of nitrogens with one attached hydrogen (secondary N) is 2. The van der Waals surface area contributed by atoms with E-state index in [1.807, 2.05) is 52.5 Å². The fourth-order valence-corrected chi connectivity index (χ4v) is 14.4. The molecule has 1 spiro atoms. The number of hydrogen-bond acceptors (Lipinski definition) is 16. The van der Waals surface area contributed by atoms with E-state index in [0.29, 0.717) is 94.7 Å². The van der Waals surface area contributed by atoms with Gasteiger partial charge < -0.3 is 44.1 Å². The normalized spacial score (nSPS) is 20.0. The molecule has 3 aromatic heterocycles. The summed E-state index contributed by atoms with van der Waals surface area (Å²) in [6, 6.07) is 15.1. The minimum Gasteiger partial charge on any atom is -0.497 e. The van der Waals surface area contributed by atoms with Gasteiger partial charge in [0.15, 0.2) is 5.82 Å². The van der Waals surface area contributed by atoms with Crippen LogP contribution in [-0.2, 0) is 66.7 Å². The number of carbonyl (C=O) groups is 5. The van der Waals surface area contributed by atoms with Crippen molar-refractivity contribution >= 4 is 69.8 Å². The highest BCUT2D eigenvalue weighted by Gasteiger charge is 2.54. The van der Waals surface area contributed by atoms with Gasteiger partial charge in [0.2, 0.25) is 23.6 Å². The number of methoxy groups -OCH3 is 2. The maximum atomic E-state index is 15.4. The number of benzene rings is 3. The third kappa shape index (κ3) is 12.7. The van der Waals surface area contributed by atoms with Crippen molar-refractivity contribution in [3.63, 3.8) is 0 Å². The minimum absolute atomic E-state index is 0.00780. The molecule has 0 bridgehead atoms. The zero-order chi connectivity index (χ0) is 61.3. The molecular weight excluding hydrogens is 1170 g/mol. The van der Waals surface area contributed by atoms with E-state index in [1.165, 1.54) is 0 Å². The minimum atomic E-state index is -1.12. The number of rotatable bonds is 22. The molecular formula is C63H73Cl2N11O10S. The van der Waals surface area contributed by atoms with Gasteiger partial charge in [-0.3, -0.25) is 33.5 Å². The van der Waals surface area contributed by atoms with Gasteiger partial charge in [-0.15, -0.1) is 26.6 Å². The Morgan fingerprint density at radius 2 is 1.67 bits per heavy atom. The van der Waals surface area contributed by atoms with Crippen LogP contribution in [0.5, 0.6) is 17.2 Å². The molecule has 24 heteroatoms. The van der Waals surface area contributed by atoms with Crippen molar-refractivity contribution in [3.05, 3.63) is 126 Å². The van der Waals surface area contributed by atoms with E-state index in [1.54, 1.807) is 67.6 Å². The number of carbonyl (C=O) groups excluding carboxylic acids is 5. The monoisotopic (exact) mass is 1250 g/mol. The van der Waals surface area contributed by atoms with Gasteiger partial charge in [-0.25, -0.2) is 4.68 Å². The second-order valence-electron chi connectivity index (χ2n) is 23.7. The molecule has 4 amide bonds. The average molecular weight is 1250 g/mol. The number of thiophene rings is 1. The number of hydrogen-bond donors (Lipinski definition) is 2. The first-order valence-electron chi connectivity index (χ1n) is 29.6. The Labute approximate surface area is 519 Å². The quantitative estimate of drug-likeness (QED) is 0.0478. The number of aromatic nitrogens is 6. The van der Waals surface area contributed by atoms with Crippen molar-refractivity contribution in [3.8, 4) is 22.2 Å². The second kappa shape index (κ2) is 25.7. The van der Waals surface area contributed by atoms with Crippen LogP contribution in [0.25, 0.3) is 5.00 Å². The lowest BCUT2D eigenvalue weighted by molar-refractivity contribution is -0.169. The van der Waals surface area contributed by atoms with E-state index in [2.05, 4.69) is 45.0 Å². The summed E-state index contributed by atoms with van der Waals surface area (Å²) >= 11 is 14.9. The summed E-state index contributed by atoms with van der Waals surface area (Å²) in [5.41, 5.74) is 5.91. The standard InChI is InChI=1S/C63H73Cl2N11O10S/c1-36-37(2)87-60-55(36)57(39-11-14-41(64)15-12-39)68-46(58-71-69-38(3)76(58)60)29-53(78)66-24-19-52(77)67-25-27-84-34-49-47(70-72-73(49)5)33-85-50-18-17-45(65)43-20-26-75(48(56(43)50)31-74-35-63(22-23-63)30-54(74)79)59(80)44-10-8-9-21-62(44,4)61(81)86-32-40-13-16-42(82-6)28-51(40)83-7/h11-18,28,44,46,48H,8-10,19-27,29-35H2,1-7H3,(H,66,78)(H,67,77)/t44-,46-,48+,62-/m0/s1. The van der Waals surface area contributed by atoms with Gasteiger partial charge in [-0.05, 0) is 113 Å². The smallest absolute Gasteiger partial charge is 0.312 e. The molecule has 3 aromatic carbocycles. The van der Waals surface area contributed by atoms with Crippen molar-refractivity contribution in [2.75, 3.05) is 53.6 Å². The molecule has 2 saturated carbocycles. The first kappa shape index (κ1) is 61.3. The molecule has 1 saturated heterocycles. The maximum absolute atomic E-state index is 15.4. The summed E-state index contributed by atoms with van der Waals surface area (Å²) in [4.78, 5) is 80.2. The van der Waals surface area contributed by atoms with Crippen molar-refractivity contribution in [2.45, 2.75) is 124 Å². The van der Waals surface area contributed by atoms with Gasteiger partial charge in [0.05, 0.1) is 62.6 Å².